The lowest BCUT2D eigenvalue weighted by molar-refractivity contribution is -0.126. The second kappa shape index (κ2) is 6.49. The molecule has 3 rings (SSSR count). The molecule has 1 N–H and O–H groups in total. The van der Waals surface area contributed by atoms with E-state index in [9.17, 15) is 4.79 Å². The molecule has 0 radical (unpaired) electrons. The first-order chi connectivity index (χ1) is 10.7. The fraction of sp³-hybridized carbons (Fsp3) is 0.421. The number of likely N-dealkylation sites (tertiary alicyclic amines) is 1. The molecule has 1 aliphatic heterocycles. The average Bonchev–Trinajstić information content (AvgIpc) is 2.60. The first-order valence-corrected chi connectivity index (χ1v) is 8.14. The van der Waals surface area contributed by atoms with Gasteiger partial charge in [0.2, 0.25) is 5.91 Å². The second-order valence-corrected chi connectivity index (χ2v) is 6.17. The van der Waals surface area contributed by atoms with Crippen LogP contribution in [-0.2, 0) is 4.79 Å². The smallest absolute Gasteiger partial charge is 0.222 e. The molecular weight excluding hydrogens is 272 g/mol. The van der Waals surface area contributed by atoms with Crippen molar-refractivity contribution in [3.63, 3.8) is 0 Å². The van der Waals surface area contributed by atoms with Crippen molar-refractivity contribution in [1.29, 1.82) is 0 Å². The maximum Gasteiger partial charge on any atom is 0.222 e. The van der Waals surface area contributed by atoms with Crippen LogP contribution in [0.25, 0.3) is 10.8 Å². The summed E-state index contributed by atoms with van der Waals surface area (Å²) < 4.78 is 0. The number of hydrogen-bond acceptors (Lipinski definition) is 2. The van der Waals surface area contributed by atoms with Crippen molar-refractivity contribution in [2.24, 2.45) is 5.92 Å². The minimum Gasteiger partial charge on any atom is -0.359 e. The highest BCUT2D eigenvalue weighted by atomic mass is 16.1. The summed E-state index contributed by atoms with van der Waals surface area (Å²) in [5.74, 6) is 0.374. The van der Waals surface area contributed by atoms with Crippen molar-refractivity contribution in [3.05, 3.63) is 48.0 Å². The predicted octanol–water partition coefficient (Wildman–Crippen LogP) is 3.36. The number of carbonyl (C=O) groups excluding carboxylic acids is 1. The average molecular weight is 296 g/mol. The molecule has 0 bridgehead atoms. The lowest BCUT2D eigenvalue weighted by atomic mass is 9.92. The van der Waals surface area contributed by atoms with Crippen LogP contribution in [0, 0.1) is 5.92 Å². The Morgan fingerprint density at radius 2 is 1.82 bits per heavy atom. The van der Waals surface area contributed by atoms with Crippen molar-refractivity contribution < 1.29 is 4.79 Å². The maximum atomic E-state index is 11.8. The fourth-order valence-electron chi connectivity index (χ4n) is 3.56. The summed E-state index contributed by atoms with van der Waals surface area (Å²) >= 11 is 0. The lowest BCUT2D eigenvalue weighted by Crippen LogP contribution is -2.40. The molecule has 3 heteroatoms. The van der Waals surface area contributed by atoms with Crippen LogP contribution in [0.5, 0.6) is 0 Å². The quantitative estimate of drug-likeness (QED) is 0.942. The van der Waals surface area contributed by atoms with Crippen LogP contribution >= 0.6 is 0 Å². The molecule has 1 amide bonds. The van der Waals surface area contributed by atoms with Gasteiger partial charge in [-0.1, -0.05) is 42.5 Å². The zero-order chi connectivity index (χ0) is 15.5. The third-order valence-corrected chi connectivity index (χ3v) is 4.97. The monoisotopic (exact) mass is 296 g/mol. The molecule has 1 saturated heterocycles. The van der Waals surface area contributed by atoms with E-state index in [1.54, 1.807) is 7.05 Å². The number of fused-ring (bicyclic) bond motifs is 1. The number of hydrogen-bond donors (Lipinski definition) is 1. The van der Waals surface area contributed by atoms with Gasteiger partial charge in [-0.3, -0.25) is 9.69 Å². The van der Waals surface area contributed by atoms with Gasteiger partial charge in [-0.15, -0.1) is 0 Å². The summed E-state index contributed by atoms with van der Waals surface area (Å²) in [6, 6.07) is 15.5. The van der Waals surface area contributed by atoms with E-state index in [1.807, 2.05) is 0 Å². The van der Waals surface area contributed by atoms with E-state index in [-0.39, 0.29) is 11.8 Å². The van der Waals surface area contributed by atoms with Crippen LogP contribution in [0.2, 0.25) is 0 Å². The summed E-state index contributed by atoms with van der Waals surface area (Å²) in [6.07, 6.45) is 1.91. The van der Waals surface area contributed by atoms with Gasteiger partial charge in [-0.2, -0.15) is 0 Å². The molecule has 1 atom stereocenters. The van der Waals surface area contributed by atoms with Gasteiger partial charge in [0.25, 0.3) is 0 Å². The van der Waals surface area contributed by atoms with Crippen LogP contribution in [0.15, 0.2) is 42.5 Å². The Bertz CT molecular complexity index is 654. The Hall–Kier alpha value is -1.87. The van der Waals surface area contributed by atoms with E-state index < -0.39 is 0 Å². The lowest BCUT2D eigenvalue weighted by Gasteiger charge is -2.36. The van der Waals surface area contributed by atoms with Crippen LogP contribution < -0.4 is 5.32 Å². The van der Waals surface area contributed by atoms with E-state index in [1.165, 1.54) is 16.3 Å². The highest BCUT2D eigenvalue weighted by Gasteiger charge is 2.27. The Balaban J connectivity index is 1.77. The van der Waals surface area contributed by atoms with E-state index >= 15 is 0 Å². The third-order valence-electron chi connectivity index (χ3n) is 4.97. The van der Waals surface area contributed by atoms with E-state index in [0.29, 0.717) is 6.04 Å². The maximum absolute atomic E-state index is 11.8. The molecule has 1 unspecified atom stereocenters. The van der Waals surface area contributed by atoms with Gasteiger partial charge in [0.15, 0.2) is 0 Å². The van der Waals surface area contributed by atoms with Gasteiger partial charge in [0.05, 0.1) is 0 Å². The minimum absolute atomic E-state index is 0.181. The van der Waals surface area contributed by atoms with Crippen molar-refractivity contribution in [2.45, 2.75) is 25.8 Å². The van der Waals surface area contributed by atoms with Crippen molar-refractivity contribution >= 4 is 16.7 Å². The molecule has 3 nitrogen and oxygen atoms in total. The summed E-state index contributed by atoms with van der Waals surface area (Å²) in [5.41, 5.74) is 1.39. The zero-order valence-corrected chi connectivity index (χ0v) is 13.4. The standard InChI is InChI=1S/C19H24N2O/c1-14(21-12-10-16(11-13-21)19(22)20-2)17-9-5-7-15-6-3-4-8-18(15)17/h3-9,14,16H,10-13H2,1-2H3,(H,20,22). The number of amides is 1. The predicted molar refractivity (Wildman–Crippen MR) is 90.7 cm³/mol. The summed E-state index contributed by atoms with van der Waals surface area (Å²) in [4.78, 5) is 14.3. The van der Waals surface area contributed by atoms with E-state index in [2.05, 4.69) is 59.6 Å². The van der Waals surface area contributed by atoms with E-state index in [4.69, 9.17) is 0 Å². The summed E-state index contributed by atoms with van der Waals surface area (Å²) in [5, 5.41) is 5.41. The molecule has 2 aromatic carbocycles. The van der Waals surface area contributed by atoms with Gasteiger partial charge >= 0.3 is 0 Å². The molecular formula is C19H24N2O. The SMILES string of the molecule is CNC(=O)C1CCN(C(C)c2cccc3ccccc23)CC1. The summed E-state index contributed by atoms with van der Waals surface area (Å²) in [6.45, 7) is 4.26. The molecule has 1 aliphatic rings. The van der Waals surface area contributed by atoms with Crippen LogP contribution in [0.1, 0.15) is 31.4 Å². The van der Waals surface area contributed by atoms with E-state index in [0.717, 1.165) is 25.9 Å². The third kappa shape index (κ3) is 2.86. The normalized spacial score (nSPS) is 18.3. The van der Waals surface area contributed by atoms with Gasteiger partial charge in [0.1, 0.15) is 0 Å². The molecule has 1 heterocycles. The second-order valence-electron chi connectivity index (χ2n) is 6.17. The number of rotatable bonds is 3. The molecule has 2 aromatic rings. The Morgan fingerprint density at radius 1 is 1.14 bits per heavy atom. The summed E-state index contributed by atoms with van der Waals surface area (Å²) in [7, 11) is 1.73. The Labute approximate surface area is 132 Å². The molecule has 22 heavy (non-hydrogen) atoms. The molecule has 1 fully saturated rings. The number of nitrogens with one attached hydrogen (secondary N) is 1. The highest BCUT2D eigenvalue weighted by molar-refractivity contribution is 5.86. The van der Waals surface area contributed by atoms with Gasteiger partial charge in [-0.25, -0.2) is 0 Å². The number of carbonyl (C=O) groups is 1. The zero-order valence-electron chi connectivity index (χ0n) is 13.4. The molecule has 0 saturated carbocycles. The first-order valence-electron chi connectivity index (χ1n) is 8.14. The van der Waals surface area contributed by atoms with Crippen LogP contribution in [-0.4, -0.2) is 30.9 Å². The number of benzene rings is 2. The largest absolute Gasteiger partial charge is 0.359 e. The topological polar surface area (TPSA) is 32.3 Å². The molecule has 0 aliphatic carbocycles. The van der Waals surface area contributed by atoms with Crippen LogP contribution in [0.4, 0.5) is 0 Å². The van der Waals surface area contributed by atoms with Gasteiger partial charge in [-0.05, 0) is 49.2 Å². The van der Waals surface area contributed by atoms with Crippen molar-refractivity contribution in [3.8, 4) is 0 Å². The first kappa shape index (κ1) is 15.0. The highest BCUT2D eigenvalue weighted by Crippen LogP contribution is 2.31. The van der Waals surface area contributed by atoms with Crippen LogP contribution in [0.3, 0.4) is 0 Å². The van der Waals surface area contributed by atoms with Crippen molar-refractivity contribution in [2.75, 3.05) is 20.1 Å². The Morgan fingerprint density at radius 3 is 2.55 bits per heavy atom. The molecule has 0 aromatic heterocycles. The number of nitrogens with zero attached hydrogens (tertiary/aromatic N) is 1. The Kier molecular flexibility index (Phi) is 4.44. The fourth-order valence-corrected chi connectivity index (χ4v) is 3.56. The van der Waals surface area contributed by atoms with Gasteiger partial charge in [0, 0.05) is 19.0 Å². The molecule has 0 spiro atoms. The minimum atomic E-state index is 0.181. The number of piperidine rings is 1. The van der Waals surface area contributed by atoms with Crippen molar-refractivity contribution in [1.82, 2.24) is 10.2 Å². The van der Waals surface area contributed by atoms with Gasteiger partial charge < -0.3 is 5.32 Å². The molecule has 116 valence electrons.